The third kappa shape index (κ3) is 10.4. The molecule has 0 aliphatic heterocycles. The molecule has 0 bridgehead atoms. The maximum absolute atomic E-state index is 12.6. The molecule has 194 valence electrons. The Kier molecular flexibility index (Phi) is 12.4. The number of hydrogen-bond acceptors (Lipinski definition) is 4. The van der Waals surface area contributed by atoms with Crippen molar-refractivity contribution in [3.8, 4) is 17.2 Å². The van der Waals surface area contributed by atoms with Crippen LogP contribution in [0.1, 0.15) is 77.2 Å². The number of rotatable bonds is 17. The van der Waals surface area contributed by atoms with Gasteiger partial charge in [-0.25, -0.2) is 4.21 Å². The van der Waals surface area contributed by atoms with Crippen LogP contribution in [0.25, 0.3) is 0 Å². The van der Waals surface area contributed by atoms with Crippen LogP contribution in [0, 0.1) is 0 Å². The minimum absolute atomic E-state index is 0.167. The molecule has 0 saturated carbocycles. The SMILES string of the molecule is CCCCCCCCCCC(C)Oc1ccc(S(=O)Oc2ccc(OCc3ccccc3)cc2)cc1. The molecular formula is C31H40O4S. The van der Waals surface area contributed by atoms with Gasteiger partial charge in [0.15, 0.2) is 0 Å². The first-order valence-electron chi connectivity index (χ1n) is 13.3. The van der Waals surface area contributed by atoms with Crippen molar-refractivity contribution >= 4 is 11.1 Å². The van der Waals surface area contributed by atoms with Crippen LogP contribution in [0.3, 0.4) is 0 Å². The van der Waals surface area contributed by atoms with E-state index in [2.05, 4.69) is 13.8 Å². The largest absolute Gasteiger partial charge is 0.491 e. The van der Waals surface area contributed by atoms with Crippen molar-refractivity contribution in [2.45, 2.75) is 89.2 Å². The van der Waals surface area contributed by atoms with E-state index in [0.717, 1.165) is 23.5 Å². The average molecular weight is 509 g/mol. The van der Waals surface area contributed by atoms with E-state index in [4.69, 9.17) is 13.7 Å². The van der Waals surface area contributed by atoms with Crippen LogP contribution in [0.4, 0.5) is 0 Å². The molecule has 2 unspecified atom stereocenters. The molecule has 3 aromatic rings. The first kappa shape index (κ1) is 27.8. The van der Waals surface area contributed by atoms with Gasteiger partial charge in [-0.3, -0.25) is 0 Å². The fourth-order valence-corrected chi connectivity index (χ4v) is 4.69. The summed E-state index contributed by atoms with van der Waals surface area (Å²) >= 11 is -1.60. The number of hydrogen-bond donors (Lipinski definition) is 0. The van der Waals surface area contributed by atoms with E-state index in [1.54, 1.807) is 24.3 Å². The van der Waals surface area contributed by atoms with Crippen molar-refractivity contribution in [3.05, 3.63) is 84.4 Å². The molecular weight excluding hydrogens is 468 g/mol. The fourth-order valence-electron chi connectivity index (χ4n) is 3.95. The predicted octanol–water partition coefficient (Wildman–Crippen LogP) is 8.67. The number of benzene rings is 3. The molecule has 36 heavy (non-hydrogen) atoms. The van der Waals surface area contributed by atoms with Crippen molar-refractivity contribution < 1.29 is 17.9 Å². The Morgan fingerprint density at radius 2 is 1.28 bits per heavy atom. The highest BCUT2D eigenvalue weighted by Crippen LogP contribution is 2.23. The van der Waals surface area contributed by atoms with Gasteiger partial charge in [-0.05, 0) is 73.9 Å². The van der Waals surface area contributed by atoms with Gasteiger partial charge in [0.05, 0.1) is 11.0 Å². The molecule has 0 fully saturated rings. The molecule has 2 atom stereocenters. The maximum Gasteiger partial charge on any atom is 0.240 e. The highest BCUT2D eigenvalue weighted by molar-refractivity contribution is 7.80. The summed E-state index contributed by atoms with van der Waals surface area (Å²) in [7, 11) is 0. The zero-order chi connectivity index (χ0) is 25.4. The predicted molar refractivity (Wildman–Crippen MR) is 148 cm³/mol. The standard InChI is InChI=1S/C31H40O4S/c1-3-4-5-6-7-8-9-11-14-26(2)34-29-21-23-31(24-22-29)36(32)35-30-19-17-28(18-20-30)33-25-27-15-12-10-13-16-27/h10,12-13,15-24,26H,3-9,11,14,25H2,1-2H3. The van der Waals surface area contributed by atoms with E-state index < -0.39 is 11.1 Å². The Morgan fingerprint density at radius 3 is 1.94 bits per heavy atom. The van der Waals surface area contributed by atoms with Crippen LogP contribution in [0.5, 0.6) is 17.2 Å². The van der Waals surface area contributed by atoms with E-state index >= 15 is 0 Å². The van der Waals surface area contributed by atoms with E-state index in [1.807, 2.05) is 54.6 Å². The fraction of sp³-hybridized carbons (Fsp3) is 0.419. The second kappa shape index (κ2) is 16.1. The smallest absolute Gasteiger partial charge is 0.240 e. The molecule has 0 radical (unpaired) electrons. The molecule has 0 amide bonds. The molecule has 3 aromatic carbocycles. The molecule has 0 spiro atoms. The lowest BCUT2D eigenvalue weighted by atomic mass is 10.1. The van der Waals surface area contributed by atoms with Crippen LogP contribution >= 0.6 is 0 Å². The molecule has 0 heterocycles. The molecule has 0 N–H and O–H groups in total. The number of unbranched alkanes of at least 4 members (excludes halogenated alkanes) is 7. The van der Waals surface area contributed by atoms with Crippen LogP contribution in [0.15, 0.2) is 83.8 Å². The molecule has 0 aromatic heterocycles. The normalized spacial score (nSPS) is 12.6. The van der Waals surface area contributed by atoms with Crippen molar-refractivity contribution in [2.24, 2.45) is 0 Å². The Bertz CT molecular complexity index is 1000. The van der Waals surface area contributed by atoms with Crippen LogP contribution in [-0.4, -0.2) is 10.3 Å². The first-order chi connectivity index (χ1) is 17.6. The van der Waals surface area contributed by atoms with Gasteiger partial charge in [-0.2, -0.15) is 0 Å². The van der Waals surface area contributed by atoms with Crippen molar-refractivity contribution in [1.82, 2.24) is 0 Å². The minimum Gasteiger partial charge on any atom is -0.491 e. The van der Waals surface area contributed by atoms with Gasteiger partial charge in [0.1, 0.15) is 23.9 Å². The lowest BCUT2D eigenvalue weighted by Gasteiger charge is -2.15. The van der Waals surface area contributed by atoms with E-state index in [9.17, 15) is 4.21 Å². The van der Waals surface area contributed by atoms with Gasteiger partial charge >= 0.3 is 0 Å². The minimum atomic E-state index is -1.60. The Balaban J connectivity index is 1.36. The van der Waals surface area contributed by atoms with Crippen LogP contribution in [-0.2, 0) is 17.7 Å². The molecule has 0 saturated heterocycles. The third-order valence-corrected chi connectivity index (χ3v) is 7.06. The lowest BCUT2D eigenvalue weighted by molar-refractivity contribution is 0.206. The Hall–Kier alpha value is -2.79. The second-order valence-electron chi connectivity index (χ2n) is 9.23. The van der Waals surface area contributed by atoms with Gasteiger partial charge < -0.3 is 13.7 Å². The van der Waals surface area contributed by atoms with Gasteiger partial charge in [-0.15, -0.1) is 0 Å². The second-order valence-corrected chi connectivity index (χ2v) is 10.3. The lowest BCUT2D eigenvalue weighted by Crippen LogP contribution is -2.11. The Morgan fingerprint density at radius 1 is 0.694 bits per heavy atom. The summed E-state index contributed by atoms with van der Waals surface area (Å²) in [5.41, 5.74) is 1.11. The van der Waals surface area contributed by atoms with Crippen molar-refractivity contribution in [2.75, 3.05) is 0 Å². The molecule has 0 aliphatic rings. The Labute approximate surface area is 219 Å². The summed E-state index contributed by atoms with van der Waals surface area (Å²) in [6.45, 7) is 4.87. The summed E-state index contributed by atoms with van der Waals surface area (Å²) in [5, 5.41) is 0. The van der Waals surface area contributed by atoms with Crippen molar-refractivity contribution in [1.29, 1.82) is 0 Å². The van der Waals surface area contributed by atoms with Crippen LogP contribution < -0.4 is 13.7 Å². The van der Waals surface area contributed by atoms with E-state index in [-0.39, 0.29) is 6.10 Å². The molecule has 0 aliphatic carbocycles. The van der Waals surface area contributed by atoms with E-state index in [0.29, 0.717) is 17.3 Å². The summed E-state index contributed by atoms with van der Waals surface area (Å²) in [5.74, 6) is 2.06. The average Bonchev–Trinajstić information content (AvgIpc) is 2.91. The zero-order valence-corrected chi connectivity index (χ0v) is 22.5. The van der Waals surface area contributed by atoms with E-state index in [1.165, 1.54) is 51.4 Å². The highest BCUT2D eigenvalue weighted by atomic mass is 32.2. The summed E-state index contributed by atoms with van der Waals surface area (Å²) in [6.07, 6.45) is 11.8. The summed E-state index contributed by atoms with van der Waals surface area (Å²) < 4.78 is 30.1. The maximum atomic E-state index is 12.6. The summed E-state index contributed by atoms with van der Waals surface area (Å²) in [6, 6.07) is 24.5. The zero-order valence-electron chi connectivity index (χ0n) is 21.7. The first-order valence-corrected chi connectivity index (χ1v) is 14.3. The molecule has 4 nitrogen and oxygen atoms in total. The van der Waals surface area contributed by atoms with Gasteiger partial charge in [0.25, 0.3) is 0 Å². The monoisotopic (exact) mass is 508 g/mol. The van der Waals surface area contributed by atoms with Gasteiger partial charge in [0, 0.05) is 0 Å². The van der Waals surface area contributed by atoms with Crippen LogP contribution in [0.2, 0.25) is 0 Å². The van der Waals surface area contributed by atoms with Gasteiger partial charge in [0.2, 0.25) is 11.1 Å². The molecule has 5 heteroatoms. The number of ether oxygens (including phenoxy) is 2. The topological polar surface area (TPSA) is 44.8 Å². The van der Waals surface area contributed by atoms with Gasteiger partial charge in [-0.1, -0.05) is 82.2 Å². The highest BCUT2D eigenvalue weighted by Gasteiger charge is 2.09. The summed E-state index contributed by atoms with van der Waals surface area (Å²) in [4.78, 5) is 0.600. The van der Waals surface area contributed by atoms with Crippen molar-refractivity contribution in [3.63, 3.8) is 0 Å². The molecule has 3 rings (SSSR count). The third-order valence-electron chi connectivity index (χ3n) is 6.06. The quantitative estimate of drug-likeness (QED) is 0.171.